The summed E-state index contributed by atoms with van der Waals surface area (Å²) < 4.78 is 0. The molecule has 0 atom stereocenters. The molecule has 0 fully saturated rings. The maximum Gasteiger partial charge on any atom is 0.221 e. The summed E-state index contributed by atoms with van der Waals surface area (Å²) in [6.07, 6.45) is 2.92. The smallest absolute Gasteiger partial charge is 0.221 e. The Balaban J connectivity index is 2.89. The number of carbonyl (C=O) groups is 1. The van der Waals surface area contributed by atoms with Crippen LogP contribution in [0.5, 0.6) is 0 Å². The van der Waals surface area contributed by atoms with Gasteiger partial charge in [-0.3, -0.25) is 4.79 Å². The van der Waals surface area contributed by atoms with Gasteiger partial charge in [0.05, 0.1) is 0 Å². The van der Waals surface area contributed by atoms with E-state index < -0.39 is 0 Å². The van der Waals surface area contributed by atoms with Crippen LogP contribution in [0.25, 0.3) is 5.70 Å². The standard InChI is InChI=1S/C12H15NO/c1-3-7-12(13-10(2)14)11-8-5-4-6-9-11/h4-9H,3H2,1-2H3,(H,13,14)/b12-7-. The number of amides is 1. The number of rotatable bonds is 3. The summed E-state index contributed by atoms with van der Waals surface area (Å²) in [7, 11) is 0. The maximum atomic E-state index is 11.0. The van der Waals surface area contributed by atoms with Crippen molar-refractivity contribution in [1.29, 1.82) is 0 Å². The van der Waals surface area contributed by atoms with Gasteiger partial charge in [0.2, 0.25) is 5.91 Å². The van der Waals surface area contributed by atoms with E-state index in [0.29, 0.717) is 0 Å². The van der Waals surface area contributed by atoms with Crippen LogP contribution in [0, 0.1) is 0 Å². The van der Waals surface area contributed by atoms with Gasteiger partial charge in [-0.25, -0.2) is 0 Å². The molecular weight excluding hydrogens is 174 g/mol. The number of nitrogens with one attached hydrogen (secondary N) is 1. The highest BCUT2D eigenvalue weighted by Gasteiger charge is 2.00. The summed E-state index contributed by atoms with van der Waals surface area (Å²) in [6.45, 7) is 3.57. The molecule has 1 aromatic carbocycles. The SMILES string of the molecule is CC/C=C(\NC(C)=O)c1ccccc1. The molecule has 0 spiro atoms. The lowest BCUT2D eigenvalue weighted by atomic mass is 10.1. The molecule has 1 rings (SSSR count). The summed E-state index contributed by atoms with van der Waals surface area (Å²) in [6, 6.07) is 9.84. The molecule has 74 valence electrons. The average Bonchev–Trinajstić information content (AvgIpc) is 2.18. The highest BCUT2D eigenvalue weighted by atomic mass is 16.1. The van der Waals surface area contributed by atoms with Crippen LogP contribution in [-0.4, -0.2) is 5.91 Å². The van der Waals surface area contributed by atoms with Crippen molar-refractivity contribution in [2.24, 2.45) is 0 Å². The molecule has 2 nitrogen and oxygen atoms in total. The third-order valence-electron chi connectivity index (χ3n) is 1.80. The molecule has 1 N–H and O–H groups in total. The quantitative estimate of drug-likeness (QED) is 0.778. The largest absolute Gasteiger partial charge is 0.326 e. The fraction of sp³-hybridized carbons (Fsp3) is 0.250. The van der Waals surface area contributed by atoms with Crippen LogP contribution >= 0.6 is 0 Å². The first-order valence-electron chi connectivity index (χ1n) is 4.77. The maximum absolute atomic E-state index is 11.0. The molecule has 0 heterocycles. The Morgan fingerprint density at radius 3 is 2.50 bits per heavy atom. The van der Waals surface area contributed by atoms with E-state index in [1.54, 1.807) is 0 Å². The van der Waals surface area contributed by atoms with Crippen LogP contribution < -0.4 is 5.32 Å². The number of allylic oxidation sites excluding steroid dienone is 1. The molecule has 14 heavy (non-hydrogen) atoms. The van der Waals surface area contributed by atoms with Crippen LogP contribution in [0.15, 0.2) is 36.4 Å². The Labute approximate surface area is 84.6 Å². The van der Waals surface area contributed by atoms with Crippen LogP contribution in [0.4, 0.5) is 0 Å². The summed E-state index contributed by atoms with van der Waals surface area (Å²) >= 11 is 0. The van der Waals surface area contributed by atoms with Gasteiger partial charge in [0.25, 0.3) is 0 Å². The number of benzene rings is 1. The van der Waals surface area contributed by atoms with Crippen LogP contribution in [-0.2, 0) is 4.79 Å². The second kappa shape index (κ2) is 5.22. The van der Waals surface area contributed by atoms with Gasteiger partial charge >= 0.3 is 0 Å². The minimum atomic E-state index is -0.0337. The zero-order chi connectivity index (χ0) is 10.4. The van der Waals surface area contributed by atoms with E-state index in [0.717, 1.165) is 17.7 Å². The van der Waals surface area contributed by atoms with Crippen LogP contribution in [0.2, 0.25) is 0 Å². The fourth-order valence-electron chi connectivity index (χ4n) is 1.25. The van der Waals surface area contributed by atoms with Crippen molar-refractivity contribution >= 4 is 11.6 Å². The van der Waals surface area contributed by atoms with Gasteiger partial charge in [-0.05, 0) is 12.0 Å². The summed E-state index contributed by atoms with van der Waals surface area (Å²) in [5.74, 6) is -0.0337. The van der Waals surface area contributed by atoms with E-state index in [1.807, 2.05) is 43.3 Å². The molecule has 0 saturated heterocycles. The average molecular weight is 189 g/mol. The van der Waals surface area contributed by atoms with E-state index in [4.69, 9.17) is 0 Å². The van der Waals surface area contributed by atoms with Crippen molar-refractivity contribution in [3.8, 4) is 0 Å². The van der Waals surface area contributed by atoms with Gasteiger partial charge in [0, 0.05) is 12.6 Å². The Kier molecular flexibility index (Phi) is 3.92. The van der Waals surface area contributed by atoms with Gasteiger partial charge in [-0.1, -0.05) is 43.3 Å². The van der Waals surface area contributed by atoms with Gasteiger partial charge in [0.1, 0.15) is 0 Å². The Bertz CT molecular complexity index is 327. The van der Waals surface area contributed by atoms with Crippen molar-refractivity contribution in [2.45, 2.75) is 20.3 Å². The van der Waals surface area contributed by atoms with E-state index >= 15 is 0 Å². The molecule has 2 heteroatoms. The monoisotopic (exact) mass is 189 g/mol. The lowest BCUT2D eigenvalue weighted by molar-refractivity contribution is -0.117. The lowest BCUT2D eigenvalue weighted by Crippen LogP contribution is -2.17. The molecule has 0 aliphatic carbocycles. The summed E-state index contributed by atoms with van der Waals surface area (Å²) in [4.78, 5) is 11.0. The summed E-state index contributed by atoms with van der Waals surface area (Å²) in [5.41, 5.74) is 1.94. The topological polar surface area (TPSA) is 29.1 Å². The highest BCUT2D eigenvalue weighted by Crippen LogP contribution is 2.11. The van der Waals surface area contributed by atoms with Crippen molar-refractivity contribution in [3.63, 3.8) is 0 Å². The predicted molar refractivity (Wildman–Crippen MR) is 58.5 cm³/mol. The second-order valence-electron chi connectivity index (χ2n) is 3.07. The minimum absolute atomic E-state index is 0.0337. The lowest BCUT2D eigenvalue weighted by Gasteiger charge is -2.07. The molecule has 0 aliphatic heterocycles. The van der Waals surface area contributed by atoms with E-state index in [2.05, 4.69) is 5.32 Å². The molecule has 0 unspecified atom stereocenters. The van der Waals surface area contributed by atoms with Gasteiger partial charge in [-0.2, -0.15) is 0 Å². The summed E-state index contributed by atoms with van der Waals surface area (Å²) in [5, 5.41) is 2.82. The molecule has 0 aliphatic rings. The first kappa shape index (κ1) is 10.5. The first-order chi connectivity index (χ1) is 6.74. The van der Waals surface area contributed by atoms with Crippen molar-refractivity contribution in [2.75, 3.05) is 0 Å². The molecule has 0 saturated carbocycles. The Hall–Kier alpha value is -1.57. The molecule has 1 aromatic rings. The third kappa shape index (κ3) is 3.05. The number of carbonyl (C=O) groups excluding carboxylic acids is 1. The third-order valence-corrected chi connectivity index (χ3v) is 1.80. The van der Waals surface area contributed by atoms with Gasteiger partial charge < -0.3 is 5.32 Å². The molecule has 0 bridgehead atoms. The van der Waals surface area contributed by atoms with Crippen LogP contribution in [0.1, 0.15) is 25.8 Å². The number of hydrogen-bond acceptors (Lipinski definition) is 1. The zero-order valence-corrected chi connectivity index (χ0v) is 8.58. The Morgan fingerprint density at radius 1 is 1.36 bits per heavy atom. The van der Waals surface area contributed by atoms with Crippen molar-refractivity contribution in [3.05, 3.63) is 42.0 Å². The van der Waals surface area contributed by atoms with E-state index in [1.165, 1.54) is 6.92 Å². The first-order valence-corrected chi connectivity index (χ1v) is 4.77. The van der Waals surface area contributed by atoms with Crippen molar-refractivity contribution < 1.29 is 4.79 Å². The van der Waals surface area contributed by atoms with E-state index in [9.17, 15) is 4.79 Å². The van der Waals surface area contributed by atoms with E-state index in [-0.39, 0.29) is 5.91 Å². The normalized spacial score (nSPS) is 11.1. The number of hydrogen-bond donors (Lipinski definition) is 1. The molecule has 1 amide bonds. The van der Waals surface area contributed by atoms with Crippen LogP contribution in [0.3, 0.4) is 0 Å². The molecule has 0 radical (unpaired) electrons. The molecular formula is C12H15NO. The van der Waals surface area contributed by atoms with Gasteiger partial charge in [-0.15, -0.1) is 0 Å². The van der Waals surface area contributed by atoms with Crippen molar-refractivity contribution in [1.82, 2.24) is 5.32 Å². The predicted octanol–water partition coefficient (Wildman–Crippen LogP) is 2.57. The van der Waals surface area contributed by atoms with Gasteiger partial charge in [0.15, 0.2) is 0 Å². The Morgan fingerprint density at radius 2 is 2.00 bits per heavy atom. The fourth-order valence-corrected chi connectivity index (χ4v) is 1.25. The zero-order valence-electron chi connectivity index (χ0n) is 8.58. The minimum Gasteiger partial charge on any atom is -0.326 e. The molecule has 0 aromatic heterocycles. The second-order valence-corrected chi connectivity index (χ2v) is 3.07. The highest BCUT2D eigenvalue weighted by molar-refractivity contribution is 5.84.